The van der Waals surface area contributed by atoms with Gasteiger partial charge in [0.15, 0.2) is 5.54 Å². The van der Waals surface area contributed by atoms with Crippen molar-refractivity contribution in [1.29, 1.82) is 0 Å². The summed E-state index contributed by atoms with van der Waals surface area (Å²) in [6.07, 6.45) is 2.61. The molecule has 8 heteroatoms. The summed E-state index contributed by atoms with van der Waals surface area (Å²) >= 11 is 0. The average Bonchev–Trinajstić information content (AvgIpc) is 3.32. The maximum Gasteiger partial charge on any atom is 0.405 e. The fraction of sp³-hybridized carbons (Fsp3) is 0.464. The van der Waals surface area contributed by atoms with Gasteiger partial charge in [0.2, 0.25) is 5.91 Å². The highest BCUT2D eigenvalue weighted by atomic mass is 16.4. The SMILES string of the molecule is CC(C)(C)[C@@](NC(=O)O)(C(=O)N1CCC[C@H]1C(=O)N[C@@H]1CCCc2ccccc21)c1ccc(O)cc1. The Morgan fingerprint density at radius 3 is 2.33 bits per heavy atom. The predicted octanol–water partition coefficient (Wildman–Crippen LogP) is 4.09. The van der Waals surface area contributed by atoms with Gasteiger partial charge in [-0.05, 0) is 66.3 Å². The van der Waals surface area contributed by atoms with E-state index in [0.29, 0.717) is 24.9 Å². The maximum absolute atomic E-state index is 14.3. The number of carbonyl (C=O) groups is 3. The van der Waals surface area contributed by atoms with E-state index in [1.807, 2.05) is 18.2 Å². The van der Waals surface area contributed by atoms with Crippen LogP contribution in [0.3, 0.4) is 0 Å². The monoisotopic (exact) mass is 493 g/mol. The van der Waals surface area contributed by atoms with Crippen LogP contribution in [0, 0.1) is 5.41 Å². The molecule has 1 aliphatic heterocycles. The molecule has 2 aliphatic rings. The first kappa shape index (κ1) is 25.5. The van der Waals surface area contributed by atoms with Crippen LogP contribution >= 0.6 is 0 Å². The van der Waals surface area contributed by atoms with Crippen molar-refractivity contribution < 1.29 is 24.6 Å². The number of fused-ring (bicyclic) bond motifs is 1. The van der Waals surface area contributed by atoms with Gasteiger partial charge in [-0.1, -0.05) is 57.2 Å². The minimum absolute atomic E-state index is 0.00974. The summed E-state index contributed by atoms with van der Waals surface area (Å²) in [6.45, 7) is 5.73. The van der Waals surface area contributed by atoms with Gasteiger partial charge in [0, 0.05) is 6.54 Å². The lowest BCUT2D eigenvalue weighted by Crippen LogP contribution is -2.65. The van der Waals surface area contributed by atoms with E-state index >= 15 is 0 Å². The van der Waals surface area contributed by atoms with Crippen molar-refractivity contribution in [2.24, 2.45) is 5.41 Å². The van der Waals surface area contributed by atoms with Crippen molar-refractivity contribution >= 4 is 17.9 Å². The normalized spacial score (nSPS) is 21.2. The lowest BCUT2D eigenvalue weighted by molar-refractivity contribution is -0.148. The minimum Gasteiger partial charge on any atom is -0.508 e. The van der Waals surface area contributed by atoms with Gasteiger partial charge in [-0.15, -0.1) is 0 Å². The Bertz CT molecular complexity index is 1140. The van der Waals surface area contributed by atoms with Crippen molar-refractivity contribution in [3.8, 4) is 5.75 Å². The van der Waals surface area contributed by atoms with Crippen LogP contribution in [-0.4, -0.2) is 45.6 Å². The van der Waals surface area contributed by atoms with Crippen LogP contribution in [0.1, 0.15) is 69.2 Å². The topological polar surface area (TPSA) is 119 Å². The first-order valence-electron chi connectivity index (χ1n) is 12.5. The summed E-state index contributed by atoms with van der Waals surface area (Å²) in [5, 5.41) is 25.3. The summed E-state index contributed by atoms with van der Waals surface area (Å²) in [5.41, 5.74) is 0.220. The van der Waals surface area contributed by atoms with Gasteiger partial charge in [-0.25, -0.2) is 4.79 Å². The minimum atomic E-state index is -1.66. The molecule has 2 aromatic carbocycles. The van der Waals surface area contributed by atoms with E-state index in [4.69, 9.17) is 0 Å². The fourth-order valence-corrected chi connectivity index (χ4v) is 5.73. The molecule has 3 atom stereocenters. The summed E-state index contributed by atoms with van der Waals surface area (Å²) in [5.74, 6) is -0.674. The summed E-state index contributed by atoms with van der Waals surface area (Å²) in [7, 11) is 0. The zero-order valence-corrected chi connectivity index (χ0v) is 21.1. The Balaban J connectivity index is 1.66. The number of phenols is 1. The summed E-state index contributed by atoms with van der Waals surface area (Å²) in [6, 6.07) is 13.3. The molecule has 1 fully saturated rings. The summed E-state index contributed by atoms with van der Waals surface area (Å²) < 4.78 is 0. The molecule has 1 aliphatic carbocycles. The van der Waals surface area contributed by atoms with Crippen LogP contribution in [-0.2, 0) is 21.5 Å². The molecule has 192 valence electrons. The van der Waals surface area contributed by atoms with Crippen LogP contribution in [0.5, 0.6) is 5.75 Å². The van der Waals surface area contributed by atoms with Crippen molar-refractivity contribution in [3.05, 3.63) is 65.2 Å². The van der Waals surface area contributed by atoms with Crippen LogP contribution in [0.4, 0.5) is 4.79 Å². The van der Waals surface area contributed by atoms with Crippen LogP contribution in [0.25, 0.3) is 0 Å². The highest BCUT2D eigenvalue weighted by Gasteiger charge is 2.55. The second kappa shape index (κ2) is 9.84. The third kappa shape index (κ3) is 4.64. The van der Waals surface area contributed by atoms with Crippen molar-refractivity contribution in [3.63, 3.8) is 0 Å². The first-order chi connectivity index (χ1) is 17.0. The molecule has 3 amide bonds. The third-order valence-electron chi connectivity index (χ3n) is 7.54. The van der Waals surface area contributed by atoms with E-state index in [1.165, 1.54) is 22.6 Å². The Morgan fingerprint density at radius 1 is 0.972 bits per heavy atom. The Morgan fingerprint density at radius 2 is 1.67 bits per heavy atom. The average molecular weight is 494 g/mol. The van der Waals surface area contributed by atoms with Crippen LogP contribution in [0.15, 0.2) is 48.5 Å². The zero-order chi connectivity index (χ0) is 26.1. The van der Waals surface area contributed by atoms with E-state index < -0.39 is 29.0 Å². The molecule has 1 saturated heterocycles. The van der Waals surface area contributed by atoms with Crippen molar-refractivity contribution in [2.75, 3.05) is 6.54 Å². The number of amides is 3. The second-order valence-electron chi connectivity index (χ2n) is 10.8. The number of benzene rings is 2. The van der Waals surface area contributed by atoms with Gasteiger partial charge in [-0.3, -0.25) is 9.59 Å². The molecule has 4 N–H and O–H groups in total. The van der Waals surface area contributed by atoms with E-state index in [2.05, 4.69) is 16.7 Å². The smallest absolute Gasteiger partial charge is 0.405 e. The number of carbonyl (C=O) groups excluding carboxylic acids is 2. The highest BCUT2D eigenvalue weighted by molar-refractivity contribution is 5.96. The van der Waals surface area contributed by atoms with Crippen LogP contribution < -0.4 is 10.6 Å². The number of nitrogens with zero attached hydrogens (tertiary/aromatic N) is 1. The van der Waals surface area contributed by atoms with Gasteiger partial charge < -0.3 is 25.7 Å². The van der Waals surface area contributed by atoms with Crippen LogP contribution in [0.2, 0.25) is 0 Å². The fourth-order valence-electron chi connectivity index (χ4n) is 5.73. The third-order valence-corrected chi connectivity index (χ3v) is 7.54. The Labute approximate surface area is 211 Å². The van der Waals surface area contributed by atoms with Crippen molar-refractivity contribution in [2.45, 2.75) is 70.5 Å². The number of hydrogen-bond acceptors (Lipinski definition) is 4. The number of likely N-dealkylation sites (tertiary alicyclic amines) is 1. The predicted molar refractivity (Wildman–Crippen MR) is 135 cm³/mol. The molecule has 0 radical (unpaired) electrons. The van der Waals surface area contributed by atoms with Gasteiger partial charge >= 0.3 is 6.09 Å². The standard InChI is InChI=1S/C28H35N3O5/c1-27(2,3)28(30-26(35)36,19-13-15-20(32)16-14-19)25(34)31-17-7-12-23(31)24(33)29-22-11-6-9-18-8-4-5-10-21(18)22/h4-5,8,10,13-16,22-23,30,32H,6-7,9,11-12,17H2,1-3H3,(H,29,33)(H,35,36)/t22-,23+,28+/m1/s1. The largest absolute Gasteiger partial charge is 0.508 e. The lowest BCUT2D eigenvalue weighted by atomic mass is 9.68. The molecule has 36 heavy (non-hydrogen) atoms. The second-order valence-corrected chi connectivity index (χ2v) is 10.8. The number of aryl methyl sites for hydroxylation is 1. The number of nitrogens with one attached hydrogen (secondary N) is 2. The molecule has 2 aromatic rings. The summed E-state index contributed by atoms with van der Waals surface area (Å²) in [4.78, 5) is 41.4. The van der Waals surface area contributed by atoms with E-state index in [1.54, 1.807) is 32.9 Å². The molecule has 8 nitrogen and oxygen atoms in total. The Kier molecular flexibility index (Phi) is 6.98. The number of carboxylic acid groups (broad SMARTS) is 1. The van der Waals surface area contributed by atoms with Gasteiger partial charge in [-0.2, -0.15) is 0 Å². The van der Waals surface area contributed by atoms with E-state index in [0.717, 1.165) is 24.8 Å². The number of rotatable bonds is 5. The van der Waals surface area contributed by atoms with Gasteiger partial charge in [0.05, 0.1) is 6.04 Å². The van der Waals surface area contributed by atoms with E-state index in [-0.39, 0.29) is 17.7 Å². The lowest BCUT2D eigenvalue weighted by Gasteiger charge is -2.46. The molecule has 0 bridgehead atoms. The van der Waals surface area contributed by atoms with Gasteiger partial charge in [0.25, 0.3) is 5.91 Å². The molecular weight excluding hydrogens is 458 g/mol. The van der Waals surface area contributed by atoms with Crippen molar-refractivity contribution in [1.82, 2.24) is 15.5 Å². The molecule has 0 unspecified atom stereocenters. The molecule has 4 rings (SSSR count). The quantitative estimate of drug-likeness (QED) is 0.500. The molecule has 0 spiro atoms. The zero-order valence-electron chi connectivity index (χ0n) is 21.1. The highest BCUT2D eigenvalue weighted by Crippen LogP contribution is 2.43. The van der Waals surface area contributed by atoms with Gasteiger partial charge in [0.1, 0.15) is 11.8 Å². The van der Waals surface area contributed by atoms with E-state index in [9.17, 15) is 24.6 Å². The number of aromatic hydroxyl groups is 1. The number of phenolic OH excluding ortho intramolecular Hbond substituents is 1. The first-order valence-corrected chi connectivity index (χ1v) is 12.5. The molecular formula is C28H35N3O5. The maximum atomic E-state index is 14.3. The number of hydrogen-bond donors (Lipinski definition) is 4. The molecule has 0 saturated carbocycles. The molecule has 1 heterocycles. The Hall–Kier alpha value is -3.55. The molecule has 0 aromatic heterocycles.